The van der Waals surface area contributed by atoms with Crippen molar-refractivity contribution in [1.29, 1.82) is 5.26 Å². The van der Waals surface area contributed by atoms with Crippen molar-refractivity contribution in [3.8, 4) is 6.07 Å². The Morgan fingerprint density at radius 3 is 2.56 bits per heavy atom. The van der Waals surface area contributed by atoms with Gasteiger partial charge in [-0.1, -0.05) is 0 Å². The van der Waals surface area contributed by atoms with Gasteiger partial charge < -0.3 is 9.47 Å². The summed E-state index contributed by atoms with van der Waals surface area (Å²) in [6.07, 6.45) is 3.24. The van der Waals surface area contributed by atoms with Crippen molar-refractivity contribution in [1.82, 2.24) is 0 Å². The summed E-state index contributed by atoms with van der Waals surface area (Å²) in [7, 11) is 0. The molecule has 0 unspecified atom stereocenters. The topological polar surface area (TPSA) is 59.3 Å². The van der Waals surface area contributed by atoms with Crippen molar-refractivity contribution in [3.05, 3.63) is 0 Å². The monoisotopic (exact) mass is 223 g/mol. The van der Waals surface area contributed by atoms with Gasteiger partial charge in [-0.25, -0.2) is 0 Å². The molecule has 1 saturated carbocycles. The second-order valence-electron chi connectivity index (χ2n) is 4.88. The zero-order valence-corrected chi connectivity index (χ0v) is 9.62. The highest BCUT2D eigenvalue weighted by Gasteiger charge is 2.60. The van der Waals surface area contributed by atoms with Crippen LogP contribution >= 0.6 is 0 Å². The van der Waals surface area contributed by atoms with E-state index in [9.17, 15) is 4.79 Å². The molecule has 0 bridgehead atoms. The molecule has 0 aromatic carbocycles. The van der Waals surface area contributed by atoms with Crippen LogP contribution in [0, 0.1) is 22.2 Å². The van der Waals surface area contributed by atoms with Crippen molar-refractivity contribution in [2.75, 3.05) is 19.8 Å². The molecule has 2 rings (SSSR count). The van der Waals surface area contributed by atoms with Crippen molar-refractivity contribution < 1.29 is 14.3 Å². The van der Waals surface area contributed by atoms with Crippen LogP contribution in [0.3, 0.4) is 0 Å². The predicted octanol–water partition coefficient (Wildman–Crippen LogP) is 1.65. The fourth-order valence-corrected chi connectivity index (χ4v) is 2.92. The molecule has 1 aliphatic heterocycles. The maximum atomic E-state index is 11.7. The number of esters is 1. The number of hydrogen-bond donors (Lipinski definition) is 0. The average Bonchev–Trinajstić information content (AvgIpc) is 2.26. The molecule has 0 aromatic heterocycles. The van der Waals surface area contributed by atoms with Gasteiger partial charge >= 0.3 is 5.97 Å². The number of rotatable bonds is 2. The van der Waals surface area contributed by atoms with Crippen LogP contribution in [0.4, 0.5) is 0 Å². The number of nitriles is 1. The van der Waals surface area contributed by atoms with Crippen LogP contribution in [-0.2, 0) is 14.3 Å². The lowest BCUT2D eigenvalue weighted by Gasteiger charge is -2.52. The van der Waals surface area contributed by atoms with Crippen molar-refractivity contribution in [3.63, 3.8) is 0 Å². The van der Waals surface area contributed by atoms with Gasteiger partial charge in [0.2, 0.25) is 0 Å². The van der Waals surface area contributed by atoms with Crippen LogP contribution in [0.25, 0.3) is 0 Å². The molecule has 0 radical (unpaired) electrons. The zero-order chi connectivity index (χ0) is 11.6. The average molecular weight is 223 g/mol. The van der Waals surface area contributed by atoms with Gasteiger partial charge in [0.05, 0.1) is 12.7 Å². The molecule has 1 heterocycles. The summed E-state index contributed by atoms with van der Waals surface area (Å²) in [6.45, 7) is 3.62. The van der Waals surface area contributed by atoms with Crippen molar-refractivity contribution in [2.24, 2.45) is 10.8 Å². The van der Waals surface area contributed by atoms with Crippen LogP contribution in [0.2, 0.25) is 0 Å². The number of carbonyl (C=O) groups excluding carboxylic acids is 1. The third kappa shape index (κ3) is 1.69. The zero-order valence-electron chi connectivity index (χ0n) is 9.62. The Balaban J connectivity index is 2.01. The Hall–Kier alpha value is -1.08. The maximum absolute atomic E-state index is 11.7. The van der Waals surface area contributed by atoms with Crippen molar-refractivity contribution >= 4 is 5.97 Å². The van der Waals surface area contributed by atoms with E-state index in [4.69, 9.17) is 14.7 Å². The second kappa shape index (κ2) is 4.06. The molecule has 0 atom stereocenters. The van der Waals surface area contributed by atoms with Gasteiger partial charge in [-0.3, -0.25) is 4.79 Å². The molecule has 4 nitrogen and oxygen atoms in total. The Bertz CT molecular complexity index is 318. The summed E-state index contributed by atoms with van der Waals surface area (Å²) in [5, 5.41) is 9.17. The molecule has 16 heavy (non-hydrogen) atoms. The van der Waals surface area contributed by atoms with Crippen LogP contribution in [-0.4, -0.2) is 25.8 Å². The molecular formula is C12H17NO3. The summed E-state index contributed by atoms with van der Waals surface area (Å²) in [6, 6.07) is 2.16. The number of hydrogen-bond acceptors (Lipinski definition) is 4. The van der Waals surface area contributed by atoms with E-state index in [1.165, 1.54) is 0 Å². The van der Waals surface area contributed by atoms with E-state index in [2.05, 4.69) is 6.07 Å². The molecule has 1 spiro atoms. The Kier molecular flexibility index (Phi) is 2.90. The van der Waals surface area contributed by atoms with Gasteiger partial charge in [0.25, 0.3) is 0 Å². The Labute approximate surface area is 95.5 Å². The first-order valence-corrected chi connectivity index (χ1v) is 5.83. The van der Waals surface area contributed by atoms with E-state index >= 15 is 0 Å². The predicted molar refractivity (Wildman–Crippen MR) is 56.4 cm³/mol. The summed E-state index contributed by atoms with van der Waals surface area (Å²) < 4.78 is 10.3. The first kappa shape index (κ1) is 11.4. The van der Waals surface area contributed by atoms with E-state index in [0.717, 1.165) is 26.1 Å². The number of ether oxygens (including phenoxy) is 2. The molecule has 1 saturated heterocycles. The first-order chi connectivity index (χ1) is 7.66. The highest BCUT2D eigenvalue weighted by atomic mass is 16.5. The van der Waals surface area contributed by atoms with Crippen LogP contribution in [0.15, 0.2) is 0 Å². The molecule has 88 valence electrons. The largest absolute Gasteiger partial charge is 0.465 e. The quantitative estimate of drug-likeness (QED) is 0.668. The van der Waals surface area contributed by atoms with Gasteiger partial charge in [-0.2, -0.15) is 5.26 Å². The Morgan fingerprint density at radius 1 is 1.44 bits per heavy atom. The molecule has 1 aliphatic carbocycles. The summed E-state index contributed by atoms with van der Waals surface area (Å²) in [4.78, 5) is 11.7. The minimum absolute atomic E-state index is 0.167. The minimum Gasteiger partial charge on any atom is -0.465 e. The molecule has 0 aromatic rings. The third-order valence-corrected chi connectivity index (χ3v) is 3.79. The van der Waals surface area contributed by atoms with Gasteiger partial charge in [-0.15, -0.1) is 0 Å². The fraction of sp³-hybridized carbons (Fsp3) is 0.833. The molecule has 0 N–H and O–H groups in total. The molecular weight excluding hydrogens is 206 g/mol. The summed E-state index contributed by atoms with van der Waals surface area (Å²) in [5.41, 5.74) is -0.700. The van der Waals surface area contributed by atoms with E-state index in [-0.39, 0.29) is 11.4 Å². The van der Waals surface area contributed by atoms with E-state index in [1.807, 2.05) is 0 Å². The lowest BCUT2D eigenvalue weighted by Crippen LogP contribution is -2.53. The van der Waals surface area contributed by atoms with Gasteiger partial charge in [0, 0.05) is 13.2 Å². The van der Waals surface area contributed by atoms with E-state index in [0.29, 0.717) is 19.4 Å². The highest BCUT2D eigenvalue weighted by Crippen LogP contribution is 2.59. The molecule has 2 fully saturated rings. The van der Waals surface area contributed by atoms with Gasteiger partial charge in [-0.05, 0) is 38.0 Å². The summed E-state index contributed by atoms with van der Waals surface area (Å²) >= 11 is 0. The van der Waals surface area contributed by atoms with Gasteiger partial charge in [0.1, 0.15) is 0 Å². The Morgan fingerprint density at radius 2 is 2.06 bits per heavy atom. The number of nitrogens with zero attached hydrogens (tertiary/aromatic N) is 1. The lowest BCUT2D eigenvalue weighted by molar-refractivity contribution is -0.170. The van der Waals surface area contributed by atoms with Crippen LogP contribution in [0.5, 0.6) is 0 Å². The minimum atomic E-state index is -0.868. The standard InChI is InChI=1S/C12H17NO3/c1-2-16-10(14)12(9-13)7-11(8-12)3-5-15-6-4-11/h2-8H2,1H3. The number of carbonyl (C=O) groups is 1. The van der Waals surface area contributed by atoms with Crippen LogP contribution in [0.1, 0.15) is 32.6 Å². The van der Waals surface area contributed by atoms with Gasteiger partial charge in [0.15, 0.2) is 5.41 Å². The fourth-order valence-electron chi connectivity index (χ4n) is 2.92. The third-order valence-electron chi connectivity index (χ3n) is 3.79. The molecule has 2 aliphatic rings. The summed E-state index contributed by atoms with van der Waals surface area (Å²) in [5.74, 6) is -0.338. The molecule has 0 amide bonds. The van der Waals surface area contributed by atoms with E-state index < -0.39 is 5.41 Å². The smallest absolute Gasteiger partial charge is 0.326 e. The first-order valence-electron chi connectivity index (χ1n) is 5.83. The second-order valence-corrected chi connectivity index (χ2v) is 4.88. The highest BCUT2D eigenvalue weighted by molar-refractivity contribution is 5.81. The molecule has 4 heteroatoms. The maximum Gasteiger partial charge on any atom is 0.326 e. The van der Waals surface area contributed by atoms with E-state index in [1.54, 1.807) is 6.92 Å². The van der Waals surface area contributed by atoms with Crippen LogP contribution < -0.4 is 0 Å². The normalized spacial score (nSPS) is 25.5. The SMILES string of the molecule is CCOC(=O)C1(C#N)CC2(CCOCC2)C1. The van der Waals surface area contributed by atoms with Crippen molar-refractivity contribution in [2.45, 2.75) is 32.6 Å². The lowest BCUT2D eigenvalue weighted by atomic mass is 9.50.